The molecule has 0 amide bonds. The number of benzene rings is 1. The lowest BCUT2D eigenvalue weighted by Crippen LogP contribution is -2.41. The summed E-state index contributed by atoms with van der Waals surface area (Å²) in [6, 6.07) is 6.16. The molecule has 0 saturated heterocycles. The minimum atomic E-state index is -1.24. The summed E-state index contributed by atoms with van der Waals surface area (Å²) in [6.45, 7) is 2.93. The van der Waals surface area contributed by atoms with Gasteiger partial charge in [0.2, 0.25) is 0 Å². The fourth-order valence-electron chi connectivity index (χ4n) is 1.63. The first kappa shape index (κ1) is 15.1. The van der Waals surface area contributed by atoms with Gasteiger partial charge in [-0.15, -0.1) is 0 Å². The summed E-state index contributed by atoms with van der Waals surface area (Å²) < 4.78 is 18.2. The molecule has 0 aliphatic carbocycles. The number of carbonyl (C=O) groups is 2. The molecule has 0 spiro atoms. The van der Waals surface area contributed by atoms with Crippen molar-refractivity contribution in [2.24, 2.45) is 5.41 Å². The summed E-state index contributed by atoms with van der Waals surface area (Å²) in [6.07, 6.45) is 0. The number of anilines is 1. The summed E-state index contributed by atoms with van der Waals surface area (Å²) in [7, 11) is 2.83. The monoisotopic (exact) mass is 267 g/mol. The number of Topliss-reactive ketones (excluding diaryl/α,β-unsaturated/α-hetero) is 1. The Labute approximate surface area is 112 Å². The van der Waals surface area contributed by atoms with E-state index in [1.807, 2.05) is 0 Å². The van der Waals surface area contributed by atoms with E-state index in [1.54, 1.807) is 25.2 Å². The van der Waals surface area contributed by atoms with Gasteiger partial charge in [0.1, 0.15) is 11.2 Å². The highest BCUT2D eigenvalue weighted by molar-refractivity contribution is 6.04. The molecule has 0 atom stereocenters. The van der Waals surface area contributed by atoms with E-state index in [0.29, 0.717) is 5.69 Å². The zero-order valence-corrected chi connectivity index (χ0v) is 11.6. The lowest BCUT2D eigenvalue weighted by molar-refractivity contribution is -0.155. The number of para-hydroxylation sites is 1. The van der Waals surface area contributed by atoms with Crippen molar-refractivity contribution < 1.29 is 18.7 Å². The fourth-order valence-corrected chi connectivity index (χ4v) is 1.63. The predicted molar refractivity (Wildman–Crippen MR) is 70.5 cm³/mol. The van der Waals surface area contributed by atoms with Crippen molar-refractivity contribution in [2.75, 3.05) is 25.6 Å². The molecule has 0 fully saturated rings. The molecule has 0 aliphatic rings. The van der Waals surface area contributed by atoms with E-state index >= 15 is 0 Å². The largest absolute Gasteiger partial charge is 0.468 e. The van der Waals surface area contributed by atoms with E-state index in [9.17, 15) is 14.0 Å². The van der Waals surface area contributed by atoms with Crippen LogP contribution < -0.4 is 4.90 Å². The van der Waals surface area contributed by atoms with Crippen LogP contribution in [0.4, 0.5) is 10.1 Å². The van der Waals surface area contributed by atoms with Crippen molar-refractivity contribution in [1.29, 1.82) is 0 Å². The third-order valence-corrected chi connectivity index (χ3v) is 3.04. The van der Waals surface area contributed by atoms with E-state index < -0.39 is 17.2 Å². The molecule has 0 bridgehead atoms. The Morgan fingerprint density at radius 2 is 1.89 bits per heavy atom. The summed E-state index contributed by atoms with van der Waals surface area (Å²) in [5.41, 5.74) is -0.926. The maximum absolute atomic E-state index is 13.6. The van der Waals surface area contributed by atoms with Gasteiger partial charge in [0, 0.05) is 7.05 Å². The van der Waals surface area contributed by atoms with Crippen LogP contribution in [0.25, 0.3) is 0 Å². The average Bonchev–Trinajstić information content (AvgIpc) is 2.37. The number of hydrogen-bond acceptors (Lipinski definition) is 4. The standard InChI is InChI=1S/C14H18FNO3/c1-14(2,13(18)19-4)12(17)9-16(3)11-8-6-5-7-10(11)15/h5-8H,9H2,1-4H3. The molecule has 0 unspecified atom stereocenters. The molecule has 0 N–H and O–H groups in total. The lowest BCUT2D eigenvalue weighted by atomic mass is 9.88. The van der Waals surface area contributed by atoms with Crippen LogP contribution in [0.5, 0.6) is 0 Å². The molecular weight excluding hydrogens is 249 g/mol. The van der Waals surface area contributed by atoms with E-state index in [0.717, 1.165) is 0 Å². The lowest BCUT2D eigenvalue weighted by Gasteiger charge is -2.25. The number of nitrogens with zero attached hydrogens (tertiary/aromatic N) is 1. The third kappa shape index (κ3) is 3.30. The van der Waals surface area contributed by atoms with Gasteiger partial charge in [-0.3, -0.25) is 9.59 Å². The van der Waals surface area contributed by atoms with Gasteiger partial charge >= 0.3 is 5.97 Å². The number of rotatable bonds is 5. The summed E-state index contributed by atoms with van der Waals surface area (Å²) in [5, 5.41) is 0. The molecule has 19 heavy (non-hydrogen) atoms. The zero-order valence-electron chi connectivity index (χ0n) is 11.6. The smallest absolute Gasteiger partial charge is 0.318 e. The number of likely N-dealkylation sites (N-methyl/N-ethyl adjacent to an activating group) is 1. The van der Waals surface area contributed by atoms with Crippen molar-refractivity contribution in [3.05, 3.63) is 30.1 Å². The Morgan fingerprint density at radius 1 is 1.32 bits per heavy atom. The summed E-state index contributed by atoms with van der Waals surface area (Å²) in [5.74, 6) is -1.33. The van der Waals surface area contributed by atoms with Crippen molar-refractivity contribution in [3.8, 4) is 0 Å². The van der Waals surface area contributed by atoms with Gasteiger partial charge in [-0.2, -0.15) is 0 Å². The molecule has 0 heterocycles. The second-order valence-electron chi connectivity index (χ2n) is 4.85. The highest BCUT2D eigenvalue weighted by Gasteiger charge is 2.37. The minimum Gasteiger partial charge on any atom is -0.468 e. The van der Waals surface area contributed by atoms with E-state index in [-0.39, 0.29) is 12.3 Å². The SMILES string of the molecule is COC(=O)C(C)(C)C(=O)CN(C)c1ccccc1F. The van der Waals surface area contributed by atoms with Crippen LogP contribution in [0.2, 0.25) is 0 Å². The topological polar surface area (TPSA) is 46.6 Å². The first-order valence-corrected chi connectivity index (χ1v) is 5.88. The number of hydrogen-bond donors (Lipinski definition) is 0. The number of methoxy groups -OCH3 is 1. The molecular formula is C14H18FNO3. The summed E-state index contributed by atoms with van der Waals surface area (Å²) >= 11 is 0. The highest BCUT2D eigenvalue weighted by Crippen LogP contribution is 2.22. The number of ether oxygens (including phenoxy) is 1. The maximum atomic E-state index is 13.6. The van der Waals surface area contributed by atoms with E-state index in [4.69, 9.17) is 0 Å². The molecule has 0 aromatic heterocycles. The van der Waals surface area contributed by atoms with Crippen LogP contribution in [0.1, 0.15) is 13.8 Å². The Hall–Kier alpha value is -1.91. The Morgan fingerprint density at radius 3 is 2.42 bits per heavy atom. The van der Waals surface area contributed by atoms with Crippen molar-refractivity contribution >= 4 is 17.4 Å². The molecule has 104 valence electrons. The zero-order chi connectivity index (χ0) is 14.6. The normalized spacial score (nSPS) is 11.0. The number of halogens is 1. The molecule has 5 heteroatoms. The quantitative estimate of drug-likeness (QED) is 0.605. The Kier molecular flexibility index (Phi) is 4.64. The molecule has 1 aromatic carbocycles. The molecule has 0 aliphatic heterocycles. The van der Waals surface area contributed by atoms with Crippen LogP contribution in [0, 0.1) is 11.2 Å². The van der Waals surface area contributed by atoms with Crippen LogP contribution in [-0.2, 0) is 14.3 Å². The molecule has 1 rings (SSSR count). The third-order valence-electron chi connectivity index (χ3n) is 3.04. The second-order valence-corrected chi connectivity index (χ2v) is 4.85. The van der Waals surface area contributed by atoms with Crippen molar-refractivity contribution in [1.82, 2.24) is 0 Å². The second kappa shape index (κ2) is 5.82. The Balaban J connectivity index is 2.83. The number of esters is 1. The van der Waals surface area contributed by atoms with Gasteiger partial charge in [-0.05, 0) is 26.0 Å². The van der Waals surface area contributed by atoms with E-state index in [1.165, 1.54) is 31.9 Å². The first-order chi connectivity index (χ1) is 8.80. The van der Waals surface area contributed by atoms with Crippen LogP contribution in [-0.4, -0.2) is 32.5 Å². The molecule has 0 saturated carbocycles. The van der Waals surface area contributed by atoms with Crippen LogP contribution in [0.15, 0.2) is 24.3 Å². The van der Waals surface area contributed by atoms with Gasteiger partial charge in [0.05, 0.1) is 19.3 Å². The highest BCUT2D eigenvalue weighted by atomic mass is 19.1. The van der Waals surface area contributed by atoms with Gasteiger partial charge < -0.3 is 9.64 Å². The van der Waals surface area contributed by atoms with Gasteiger partial charge in [0.25, 0.3) is 0 Å². The maximum Gasteiger partial charge on any atom is 0.318 e. The van der Waals surface area contributed by atoms with Gasteiger partial charge in [0.15, 0.2) is 5.78 Å². The molecule has 0 radical (unpaired) electrons. The number of ketones is 1. The van der Waals surface area contributed by atoms with Crippen molar-refractivity contribution in [2.45, 2.75) is 13.8 Å². The predicted octanol–water partition coefficient (Wildman–Crippen LogP) is 2.03. The minimum absolute atomic E-state index is 0.0664. The Bertz CT molecular complexity index is 485. The molecule has 4 nitrogen and oxygen atoms in total. The molecule has 1 aromatic rings. The van der Waals surface area contributed by atoms with Crippen molar-refractivity contribution in [3.63, 3.8) is 0 Å². The van der Waals surface area contributed by atoms with E-state index in [2.05, 4.69) is 4.74 Å². The average molecular weight is 267 g/mol. The number of carbonyl (C=O) groups excluding carboxylic acids is 2. The first-order valence-electron chi connectivity index (χ1n) is 5.88. The summed E-state index contributed by atoms with van der Waals surface area (Å²) in [4.78, 5) is 25.1. The van der Waals surface area contributed by atoms with Gasteiger partial charge in [-0.25, -0.2) is 4.39 Å². The van der Waals surface area contributed by atoms with Crippen LogP contribution in [0.3, 0.4) is 0 Å². The van der Waals surface area contributed by atoms with Crippen LogP contribution >= 0.6 is 0 Å². The fraction of sp³-hybridized carbons (Fsp3) is 0.429. The van der Waals surface area contributed by atoms with Gasteiger partial charge in [-0.1, -0.05) is 12.1 Å².